The number of ether oxygens (including phenoxy) is 4. The number of carbonyl (C=O) groups is 4. The highest BCUT2D eigenvalue weighted by atomic mass is 28.4. The third-order valence-corrected chi connectivity index (χ3v) is 14.4. The minimum Gasteiger partial charge on any atom is -0.547 e. The highest BCUT2D eigenvalue weighted by Crippen LogP contribution is 2.65. The van der Waals surface area contributed by atoms with Crippen LogP contribution < -0.4 is 14.2 Å². The summed E-state index contributed by atoms with van der Waals surface area (Å²) in [6.45, 7) is 10.6. The van der Waals surface area contributed by atoms with Crippen LogP contribution in [0.15, 0.2) is 48.2 Å². The number of allylic oxidation sites excluding steroid dienone is 2. The molecule has 4 aliphatic rings. The molecule has 1 saturated heterocycles. The number of epoxide rings is 1. The van der Waals surface area contributed by atoms with Crippen molar-refractivity contribution in [3.05, 3.63) is 64.9 Å². The maximum atomic E-state index is 14.6. The van der Waals surface area contributed by atoms with E-state index in [9.17, 15) is 19.2 Å². The number of fused-ring (bicyclic) bond motifs is 2. The molecule has 2 aromatic rings. The Balaban J connectivity index is 1.54. The minimum atomic E-state index is -2.37. The molecule has 0 radical (unpaired) electrons. The van der Waals surface area contributed by atoms with Crippen LogP contribution in [0.4, 0.5) is 0 Å². The molecule has 0 unspecified atom stereocenters. The Morgan fingerprint density at radius 3 is 1.86 bits per heavy atom. The van der Waals surface area contributed by atoms with Crippen LogP contribution in [-0.4, -0.2) is 64.0 Å². The van der Waals surface area contributed by atoms with E-state index in [2.05, 4.69) is 33.9 Å². The molecular formula is C33H36O9Si. The monoisotopic (exact) mass is 604 g/mol. The van der Waals surface area contributed by atoms with Gasteiger partial charge in [0.25, 0.3) is 0 Å². The molecule has 0 amide bonds. The van der Waals surface area contributed by atoms with Crippen molar-refractivity contribution in [2.24, 2.45) is 11.8 Å². The predicted molar refractivity (Wildman–Crippen MR) is 158 cm³/mol. The molecule has 0 bridgehead atoms. The van der Waals surface area contributed by atoms with Gasteiger partial charge in [-0.15, -0.1) is 0 Å². The summed E-state index contributed by atoms with van der Waals surface area (Å²) in [6, 6.07) is 9.74. The lowest BCUT2D eigenvalue weighted by molar-refractivity contribution is -0.139. The molecule has 1 saturated carbocycles. The van der Waals surface area contributed by atoms with Crippen molar-refractivity contribution in [1.82, 2.24) is 0 Å². The van der Waals surface area contributed by atoms with Crippen LogP contribution in [0.5, 0.6) is 17.2 Å². The SMILES string of the molecule is COc1cc([C@H]2C=C(O[Si](C)(C)C(C)(C)C)C[C@H]3C(=O)[C@]45O[C@]4(C(=O)c4ccccc4C5=O)C(=O)[C@@H]23)cc(OC)c1OC. The molecule has 3 aliphatic carbocycles. The van der Waals surface area contributed by atoms with E-state index in [-0.39, 0.29) is 22.6 Å². The zero-order chi connectivity index (χ0) is 31.3. The molecule has 5 atom stereocenters. The van der Waals surface area contributed by atoms with Crippen LogP contribution in [0, 0.1) is 11.8 Å². The molecule has 6 rings (SSSR count). The number of ketones is 4. The molecule has 10 heteroatoms. The lowest BCUT2D eigenvalue weighted by Gasteiger charge is -2.44. The summed E-state index contributed by atoms with van der Waals surface area (Å²) in [6.07, 6.45) is 2.00. The summed E-state index contributed by atoms with van der Waals surface area (Å²) in [5.41, 5.74) is -3.50. The van der Waals surface area contributed by atoms with Gasteiger partial charge in [0.05, 0.1) is 27.1 Å². The molecular weight excluding hydrogens is 568 g/mol. The van der Waals surface area contributed by atoms with Crippen LogP contribution in [-0.2, 0) is 18.8 Å². The van der Waals surface area contributed by atoms with Gasteiger partial charge in [0.2, 0.25) is 36.8 Å². The zero-order valence-electron chi connectivity index (χ0n) is 25.7. The number of Topliss-reactive ketones (excluding diaryl/α,β-unsaturated/α-hetero) is 4. The van der Waals surface area contributed by atoms with E-state index in [4.69, 9.17) is 23.4 Å². The van der Waals surface area contributed by atoms with Gasteiger partial charge >= 0.3 is 0 Å². The number of methoxy groups -OCH3 is 3. The lowest BCUT2D eigenvalue weighted by Crippen LogP contribution is -2.63. The highest BCUT2D eigenvalue weighted by Gasteiger charge is 2.91. The summed E-state index contributed by atoms with van der Waals surface area (Å²) in [4.78, 5) is 56.9. The van der Waals surface area contributed by atoms with E-state index in [1.807, 2.05) is 6.08 Å². The van der Waals surface area contributed by atoms with Gasteiger partial charge < -0.3 is 23.4 Å². The van der Waals surface area contributed by atoms with Gasteiger partial charge in [0.1, 0.15) is 0 Å². The van der Waals surface area contributed by atoms with Gasteiger partial charge in [-0.05, 0) is 41.9 Å². The molecule has 2 aromatic carbocycles. The molecule has 0 spiro atoms. The first-order valence-corrected chi connectivity index (χ1v) is 17.3. The number of rotatable bonds is 6. The Kier molecular flexibility index (Phi) is 6.39. The van der Waals surface area contributed by atoms with E-state index < -0.39 is 60.4 Å². The maximum absolute atomic E-state index is 14.6. The van der Waals surface area contributed by atoms with E-state index in [0.717, 1.165) is 0 Å². The average molecular weight is 605 g/mol. The van der Waals surface area contributed by atoms with Crippen LogP contribution in [0.1, 0.15) is 59.4 Å². The van der Waals surface area contributed by atoms with Gasteiger partial charge in [-0.3, -0.25) is 19.2 Å². The summed E-state index contributed by atoms with van der Waals surface area (Å²) in [5.74, 6) is -3.32. The summed E-state index contributed by atoms with van der Waals surface area (Å²) in [5, 5.41) is -0.137. The van der Waals surface area contributed by atoms with Crippen molar-refractivity contribution in [1.29, 1.82) is 0 Å². The Labute approximate surface area is 251 Å². The van der Waals surface area contributed by atoms with Crippen LogP contribution in [0.3, 0.4) is 0 Å². The second-order valence-corrected chi connectivity index (χ2v) is 17.9. The number of hydrogen-bond acceptors (Lipinski definition) is 9. The van der Waals surface area contributed by atoms with E-state index in [1.165, 1.54) is 33.5 Å². The second-order valence-electron chi connectivity index (χ2n) is 13.2. The zero-order valence-corrected chi connectivity index (χ0v) is 26.7. The average Bonchev–Trinajstić information content (AvgIpc) is 3.71. The molecule has 0 aromatic heterocycles. The van der Waals surface area contributed by atoms with Crippen molar-refractivity contribution in [2.45, 2.75) is 62.4 Å². The van der Waals surface area contributed by atoms with Crippen molar-refractivity contribution in [2.75, 3.05) is 21.3 Å². The Morgan fingerprint density at radius 1 is 0.837 bits per heavy atom. The Bertz CT molecular complexity index is 1610. The van der Waals surface area contributed by atoms with Gasteiger partial charge in [0.15, 0.2) is 23.1 Å². The quantitative estimate of drug-likeness (QED) is 0.253. The smallest absolute Gasteiger partial charge is 0.250 e. The van der Waals surface area contributed by atoms with Crippen molar-refractivity contribution < 1.29 is 42.6 Å². The topological polar surface area (TPSA) is 118 Å². The first kappa shape index (κ1) is 29.3. The first-order chi connectivity index (χ1) is 20.2. The Hall–Kier alpha value is -3.76. The van der Waals surface area contributed by atoms with Crippen LogP contribution in [0.2, 0.25) is 18.1 Å². The summed E-state index contributed by atoms with van der Waals surface area (Å²) < 4.78 is 29.4. The number of hydrogen-bond donors (Lipinski definition) is 0. The number of carbonyl (C=O) groups excluding carboxylic acids is 4. The minimum absolute atomic E-state index is 0.0952. The van der Waals surface area contributed by atoms with Crippen molar-refractivity contribution >= 4 is 31.5 Å². The van der Waals surface area contributed by atoms with Crippen molar-refractivity contribution in [3.63, 3.8) is 0 Å². The normalized spacial score (nSPS) is 29.5. The lowest BCUT2D eigenvalue weighted by atomic mass is 9.55. The van der Waals surface area contributed by atoms with Gasteiger partial charge in [0, 0.05) is 35.3 Å². The second kappa shape index (κ2) is 9.37. The first-order valence-electron chi connectivity index (χ1n) is 14.4. The fourth-order valence-corrected chi connectivity index (χ4v) is 7.88. The third kappa shape index (κ3) is 3.72. The van der Waals surface area contributed by atoms with Crippen LogP contribution >= 0.6 is 0 Å². The molecule has 0 N–H and O–H groups in total. The predicted octanol–water partition coefficient (Wildman–Crippen LogP) is 5.08. The standard InChI is InChI=1S/C33H36O9Si/c1-31(2,3)43(7,8)41-18-15-21(17-13-23(38-4)26(40-6)24(14-17)39-5)25-22(16-18)29(36)32-27(34)19-11-9-10-12-20(19)28(35)33(32,42-32)30(25)37/h9-15,21-22,25H,16H2,1-8H3/t21-,22-,25+,32+,33-/m1/s1. The van der Waals surface area contributed by atoms with E-state index in [1.54, 1.807) is 24.3 Å². The molecule has 1 heterocycles. The fourth-order valence-electron chi connectivity index (χ4n) is 6.76. The third-order valence-electron chi connectivity index (χ3n) is 10.0. The van der Waals surface area contributed by atoms with E-state index in [0.29, 0.717) is 28.6 Å². The van der Waals surface area contributed by atoms with E-state index >= 15 is 0 Å². The molecule has 9 nitrogen and oxygen atoms in total. The maximum Gasteiger partial charge on any atom is 0.250 e. The Morgan fingerprint density at radius 2 is 1.37 bits per heavy atom. The van der Waals surface area contributed by atoms with Gasteiger partial charge in [-0.2, -0.15) is 0 Å². The van der Waals surface area contributed by atoms with Crippen LogP contribution in [0.25, 0.3) is 0 Å². The number of benzene rings is 2. The molecule has 2 fully saturated rings. The van der Waals surface area contributed by atoms with Crippen molar-refractivity contribution in [3.8, 4) is 17.2 Å². The molecule has 226 valence electrons. The van der Waals surface area contributed by atoms with Gasteiger partial charge in [-0.25, -0.2) is 0 Å². The molecule has 43 heavy (non-hydrogen) atoms. The highest BCUT2D eigenvalue weighted by molar-refractivity contribution is 6.74. The van der Waals surface area contributed by atoms with Gasteiger partial charge in [-0.1, -0.05) is 45.0 Å². The largest absolute Gasteiger partial charge is 0.547 e. The summed E-state index contributed by atoms with van der Waals surface area (Å²) >= 11 is 0. The summed E-state index contributed by atoms with van der Waals surface area (Å²) in [7, 11) is 2.12. The fraction of sp³-hybridized carbons (Fsp3) is 0.455. The molecule has 1 aliphatic heterocycles.